The Balaban J connectivity index is 1.49. The fraction of sp³-hybridized carbons (Fsp3) is 0.471. The van der Waals surface area contributed by atoms with Crippen LogP contribution in [0.25, 0.3) is 0 Å². The lowest BCUT2D eigenvalue weighted by atomic mass is 10.2. The van der Waals surface area contributed by atoms with E-state index in [0.29, 0.717) is 19.5 Å². The number of cyclic esters (lactones) is 1. The summed E-state index contributed by atoms with van der Waals surface area (Å²) in [4.78, 5) is 27.2. The molecule has 1 aromatic carbocycles. The van der Waals surface area contributed by atoms with Gasteiger partial charge >= 0.3 is 6.09 Å². The van der Waals surface area contributed by atoms with Crippen molar-refractivity contribution in [3.8, 4) is 0 Å². The molecule has 0 saturated carbocycles. The van der Waals surface area contributed by atoms with E-state index in [2.05, 4.69) is 20.7 Å². The van der Waals surface area contributed by atoms with Crippen LogP contribution in [0.1, 0.15) is 19.4 Å². The number of aromatic nitrogens is 4. The number of halogens is 2. The molecule has 1 aromatic heterocycles. The predicted molar refractivity (Wildman–Crippen MR) is 96.3 cm³/mol. The van der Waals surface area contributed by atoms with Crippen molar-refractivity contribution in [1.82, 2.24) is 25.5 Å². The Kier molecular flexibility index (Phi) is 4.99. The molecule has 0 spiro atoms. The average molecular weight is 407 g/mol. The number of carbonyl (C=O) groups is 2. The molecule has 2 aromatic rings. The van der Waals surface area contributed by atoms with Crippen LogP contribution >= 0.6 is 0 Å². The third kappa shape index (κ3) is 3.82. The van der Waals surface area contributed by atoms with Crippen LogP contribution in [0.2, 0.25) is 0 Å². The molecule has 1 N–H and O–H groups in total. The molecule has 4 rings (SSSR count). The molecule has 3 heterocycles. The molecule has 1 unspecified atom stereocenters. The van der Waals surface area contributed by atoms with Crippen LogP contribution in [0.5, 0.6) is 0 Å². The first-order chi connectivity index (χ1) is 13.9. The molecule has 0 bridgehead atoms. The summed E-state index contributed by atoms with van der Waals surface area (Å²) in [6.07, 6.45) is 0.629. The number of carbonyl (C=O) groups excluding carboxylic acids is 2. The summed E-state index contributed by atoms with van der Waals surface area (Å²) in [7, 11) is 0. The number of hydrogen-bond donors (Lipinski definition) is 1. The van der Waals surface area contributed by atoms with Gasteiger partial charge in [-0.05, 0) is 11.6 Å². The largest absolute Gasteiger partial charge is 0.442 e. The van der Waals surface area contributed by atoms with Crippen molar-refractivity contribution in [3.05, 3.63) is 30.1 Å². The molecule has 0 aliphatic carbocycles. The second kappa shape index (κ2) is 7.60. The Bertz CT molecular complexity index is 901. The third-order valence-electron chi connectivity index (χ3n) is 4.94. The summed E-state index contributed by atoms with van der Waals surface area (Å²) in [5.41, 5.74) is -0.0912. The van der Waals surface area contributed by atoms with E-state index in [-0.39, 0.29) is 36.4 Å². The van der Waals surface area contributed by atoms with Gasteiger partial charge in [0.1, 0.15) is 11.8 Å². The topological polar surface area (TPSA) is 105 Å². The second-order valence-corrected chi connectivity index (χ2v) is 6.96. The maximum absolute atomic E-state index is 14.8. The lowest BCUT2D eigenvalue weighted by Crippen LogP contribution is -2.33. The Morgan fingerprint density at radius 2 is 2.07 bits per heavy atom. The first-order valence-electron chi connectivity index (χ1n) is 9.11. The Labute approximate surface area is 164 Å². The number of amides is 2. The fourth-order valence-corrected chi connectivity index (χ4v) is 3.58. The monoisotopic (exact) mass is 407 g/mol. The number of tetrazole rings is 1. The van der Waals surface area contributed by atoms with Gasteiger partial charge in [-0.15, -0.1) is 10.2 Å². The van der Waals surface area contributed by atoms with E-state index in [9.17, 15) is 18.4 Å². The van der Waals surface area contributed by atoms with Crippen LogP contribution in [0.4, 0.5) is 25.0 Å². The van der Waals surface area contributed by atoms with Crippen molar-refractivity contribution in [3.63, 3.8) is 0 Å². The average Bonchev–Trinajstić information content (AvgIpc) is 3.40. The summed E-state index contributed by atoms with van der Waals surface area (Å²) in [5.74, 6) is -1.80. The van der Waals surface area contributed by atoms with E-state index in [1.54, 1.807) is 4.90 Å². The molecule has 2 atom stereocenters. The molecule has 2 fully saturated rings. The molecule has 2 saturated heterocycles. The molecule has 2 aliphatic heterocycles. The van der Waals surface area contributed by atoms with Crippen LogP contribution in [0.3, 0.4) is 0 Å². The highest BCUT2D eigenvalue weighted by Crippen LogP contribution is 2.34. The van der Waals surface area contributed by atoms with Crippen LogP contribution in [0, 0.1) is 11.6 Å². The highest BCUT2D eigenvalue weighted by molar-refractivity contribution is 5.90. The summed E-state index contributed by atoms with van der Waals surface area (Å²) >= 11 is 0. The van der Waals surface area contributed by atoms with Gasteiger partial charge in [-0.2, -0.15) is 4.80 Å². The normalized spacial score (nSPS) is 21.6. The Morgan fingerprint density at radius 3 is 2.72 bits per heavy atom. The van der Waals surface area contributed by atoms with E-state index in [0.717, 1.165) is 17.0 Å². The number of benzene rings is 1. The number of rotatable bonds is 5. The molecule has 2 amide bonds. The minimum absolute atomic E-state index is 0.0627. The van der Waals surface area contributed by atoms with Crippen LogP contribution < -0.4 is 15.1 Å². The van der Waals surface area contributed by atoms with Crippen molar-refractivity contribution >= 4 is 23.4 Å². The lowest BCUT2D eigenvalue weighted by Gasteiger charge is -2.22. The summed E-state index contributed by atoms with van der Waals surface area (Å²) in [6, 6.07) is 2.10. The van der Waals surface area contributed by atoms with E-state index in [1.165, 1.54) is 18.0 Å². The van der Waals surface area contributed by atoms with Gasteiger partial charge in [0.05, 0.1) is 24.8 Å². The van der Waals surface area contributed by atoms with Crippen molar-refractivity contribution in [2.75, 3.05) is 36.0 Å². The quantitative estimate of drug-likeness (QED) is 0.784. The molecule has 10 nitrogen and oxygen atoms in total. The van der Waals surface area contributed by atoms with Gasteiger partial charge in [-0.3, -0.25) is 9.69 Å². The first-order valence-corrected chi connectivity index (χ1v) is 9.11. The highest BCUT2D eigenvalue weighted by atomic mass is 19.1. The van der Waals surface area contributed by atoms with Crippen LogP contribution in [-0.2, 0) is 9.53 Å². The summed E-state index contributed by atoms with van der Waals surface area (Å²) in [5, 5.41) is 14.0. The molecule has 12 heteroatoms. The first kappa shape index (κ1) is 19.0. The van der Waals surface area contributed by atoms with Gasteiger partial charge in [0, 0.05) is 32.1 Å². The van der Waals surface area contributed by atoms with E-state index >= 15 is 0 Å². The smallest absolute Gasteiger partial charge is 0.414 e. The van der Waals surface area contributed by atoms with Gasteiger partial charge in [0.15, 0.2) is 18.0 Å². The number of nitrogens with zero attached hydrogens (tertiary/aromatic N) is 6. The lowest BCUT2D eigenvalue weighted by molar-refractivity contribution is -0.119. The SMILES string of the molecule is CC(=O)NC[C@H]1CN(c2cc(F)c(N3CCC(n4ncnn4)C3)c(F)c2)C(=O)O1. The van der Waals surface area contributed by atoms with Crippen molar-refractivity contribution < 1.29 is 23.1 Å². The van der Waals surface area contributed by atoms with E-state index in [4.69, 9.17) is 4.74 Å². The molecular formula is C17H19F2N7O3. The van der Waals surface area contributed by atoms with Gasteiger partial charge in [0.2, 0.25) is 5.91 Å². The molecule has 0 radical (unpaired) electrons. The van der Waals surface area contributed by atoms with Gasteiger partial charge in [-0.25, -0.2) is 13.6 Å². The van der Waals surface area contributed by atoms with E-state index in [1.807, 2.05) is 0 Å². The van der Waals surface area contributed by atoms with Crippen LogP contribution in [-0.4, -0.2) is 64.5 Å². The van der Waals surface area contributed by atoms with Gasteiger partial charge in [-0.1, -0.05) is 0 Å². The summed E-state index contributed by atoms with van der Waals surface area (Å²) in [6.45, 7) is 2.34. The maximum atomic E-state index is 14.8. The summed E-state index contributed by atoms with van der Waals surface area (Å²) < 4.78 is 34.7. The van der Waals surface area contributed by atoms with Crippen molar-refractivity contribution in [1.29, 1.82) is 0 Å². The number of anilines is 2. The minimum Gasteiger partial charge on any atom is -0.442 e. The zero-order valence-corrected chi connectivity index (χ0v) is 15.6. The van der Waals surface area contributed by atoms with Crippen molar-refractivity contribution in [2.24, 2.45) is 0 Å². The number of hydrogen-bond acceptors (Lipinski definition) is 7. The minimum atomic E-state index is -0.773. The Morgan fingerprint density at radius 1 is 1.31 bits per heavy atom. The zero-order valence-electron chi connectivity index (χ0n) is 15.6. The third-order valence-corrected chi connectivity index (χ3v) is 4.94. The maximum Gasteiger partial charge on any atom is 0.414 e. The Hall–Kier alpha value is -3.31. The molecule has 154 valence electrons. The second-order valence-electron chi connectivity index (χ2n) is 6.96. The molecule has 29 heavy (non-hydrogen) atoms. The zero-order chi connectivity index (χ0) is 20.5. The van der Waals surface area contributed by atoms with Crippen LogP contribution in [0.15, 0.2) is 18.5 Å². The van der Waals surface area contributed by atoms with E-state index < -0.39 is 23.8 Å². The van der Waals surface area contributed by atoms with Crippen molar-refractivity contribution in [2.45, 2.75) is 25.5 Å². The fourth-order valence-electron chi connectivity index (χ4n) is 3.58. The number of nitrogens with one attached hydrogen (secondary N) is 1. The highest BCUT2D eigenvalue weighted by Gasteiger charge is 2.35. The number of ether oxygens (including phenoxy) is 1. The molecular weight excluding hydrogens is 388 g/mol. The van der Waals surface area contributed by atoms with Gasteiger partial charge < -0.3 is 15.0 Å². The van der Waals surface area contributed by atoms with Gasteiger partial charge in [0.25, 0.3) is 0 Å². The standard InChI is InChI=1S/C17H19F2N7O3/c1-10(27)20-6-13-8-25(17(28)29-13)12-4-14(18)16(15(19)5-12)24-3-2-11(7-24)26-22-9-21-23-26/h4-5,9,11,13H,2-3,6-8H2,1H3,(H,20,27)/t11?,13-/m0/s1. The molecule has 2 aliphatic rings. The predicted octanol–water partition coefficient (Wildman–Crippen LogP) is 0.864.